The molecule has 2 saturated heterocycles. The van der Waals surface area contributed by atoms with Crippen molar-refractivity contribution in [3.8, 4) is 0 Å². The third kappa shape index (κ3) is 5.34. The summed E-state index contributed by atoms with van der Waals surface area (Å²) in [5, 5.41) is 27.2. The minimum absolute atomic E-state index is 0.0917. The molecule has 0 bridgehead atoms. The number of hydrogen-bond acceptors (Lipinski definition) is 6. The standard InChI is InChI=1S/C34H53NO6.C2H6O.C2H6/c1-19-33-14-13-32(6)23-8-7-21(16-30(2,3)39)40-25(23)15-24(32)22(33)9-10-26-31(4,5)27(11-12-34(19,26)33)41-29(38)35-17-20(18-35)28(36)37;1-2-3;1-2/h19-27,39H,7-18H2,1-6H3,(H,36,37);3H,2H2,1H3;1-2H3/t19-,21+,22-,23?,24?,25+,26?,27-,32+,33-,34?;;/m0../s1. The van der Waals surface area contributed by atoms with E-state index in [1.165, 1.54) is 38.5 Å². The fraction of sp³-hybridized carbons (Fsp3) is 0.947. The number of nitrogens with zero attached hydrogens (tertiary/aromatic N) is 1. The van der Waals surface area contributed by atoms with Gasteiger partial charge in [-0.05, 0) is 124 Å². The van der Waals surface area contributed by atoms with Gasteiger partial charge in [-0.15, -0.1) is 0 Å². The van der Waals surface area contributed by atoms with Crippen molar-refractivity contribution in [2.45, 2.75) is 150 Å². The van der Waals surface area contributed by atoms with E-state index in [-0.39, 0.29) is 43.4 Å². The molecule has 2 heterocycles. The van der Waals surface area contributed by atoms with Crippen LogP contribution in [0.25, 0.3) is 0 Å². The predicted molar refractivity (Wildman–Crippen MR) is 178 cm³/mol. The van der Waals surface area contributed by atoms with Gasteiger partial charge in [0.25, 0.3) is 0 Å². The molecule has 2 spiro atoms. The fourth-order valence-electron chi connectivity index (χ4n) is 13.0. The molecule has 264 valence electrons. The number of aliphatic hydroxyl groups excluding tert-OH is 1. The van der Waals surface area contributed by atoms with Crippen LogP contribution < -0.4 is 0 Å². The molecule has 0 aromatic heterocycles. The van der Waals surface area contributed by atoms with Gasteiger partial charge in [0.2, 0.25) is 0 Å². The van der Waals surface area contributed by atoms with Crippen LogP contribution in [0.2, 0.25) is 0 Å². The zero-order valence-electron chi connectivity index (χ0n) is 30.3. The van der Waals surface area contributed by atoms with Gasteiger partial charge in [-0.3, -0.25) is 4.79 Å². The van der Waals surface area contributed by atoms with Crippen LogP contribution in [0, 0.1) is 57.2 Å². The summed E-state index contributed by atoms with van der Waals surface area (Å²) < 4.78 is 13.0. The molecule has 2 aliphatic heterocycles. The maximum atomic E-state index is 13.0. The third-order valence-electron chi connectivity index (χ3n) is 14.7. The molecule has 1 amide bonds. The molecular formula is C38H65NO7. The maximum absolute atomic E-state index is 13.0. The second kappa shape index (κ2) is 12.5. The summed E-state index contributed by atoms with van der Waals surface area (Å²) in [5.41, 5.74) is 0.363. The van der Waals surface area contributed by atoms with Crippen molar-refractivity contribution in [2.75, 3.05) is 19.7 Å². The quantitative estimate of drug-likeness (QED) is 0.297. The van der Waals surface area contributed by atoms with E-state index in [2.05, 4.69) is 27.7 Å². The first-order valence-corrected chi connectivity index (χ1v) is 18.7. The Morgan fingerprint density at radius 1 is 0.935 bits per heavy atom. The van der Waals surface area contributed by atoms with Gasteiger partial charge in [0, 0.05) is 31.5 Å². The summed E-state index contributed by atoms with van der Waals surface area (Å²) in [4.78, 5) is 25.7. The van der Waals surface area contributed by atoms with Crippen molar-refractivity contribution in [1.82, 2.24) is 4.90 Å². The number of rotatable bonds is 4. The number of aliphatic carboxylic acids is 1. The van der Waals surface area contributed by atoms with Crippen LogP contribution in [0.4, 0.5) is 4.79 Å². The first-order chi connectivity index (χ1) is 21.6. The van der Waals surface area contributed by atoms with E-state index in [0.717, 1.165) is 37.5 Å². The molecule has 4 unspecified atom stereocenters. The van der Waals surface area contributed by atoms with Gasteiger partial charge < -0.3 is 29.7 Å². The van der Waals surface area contributed by atoms with Crippen molar-refractivity contribution in [2.24, 2.45) is 57.2 Å². The van der Waals surface area contributed by atoms with E-state index < -0.39 is 17.5 Å². The van der Waals surface area contributed by atoms with Crippen LogP contribution in [-0.4, -0.2) is 75.9 Å². The Balaban J connectivity index is 0.000000789. The molecule has 8 heteroatoms. The number of carbonyl (C=O) groups excluding carboxylic acids is 1. The Bertz CT molecular complexity index is 1130. The van der Waals surface area contributed by atoms with Crippen molar-refractivity contribution >= 4 is 12.1 Å². The molecule has 0 aromatic carbocycles. The van der Waals surface area contributed by atoms with Gasteiger partial charge in [0.05, 0.1) is 23.7 Å². The summed E-state index contributed by atoms with van der Waals surface area (Å²) in [7, 11) is 0. The Morgan fingerprint density at radius 3 is 2.17 bits per heavy atom. The Morgan fingerprint density at radius 2 is 1.57 bits per heavy atom. The smallest absolute Gasteiger partial charge is 0.410 e. The Hall–Kier alpha value is -1.38. The molecule has 8 nitrogen and oxygen atoms in total. The van der Waals surface area contributed by atoms with Crippen LogP contribution in [0.1, 0.15) is 127 Å². The fourth-order valence-corrected chi connectivity index (χ4v) is 13.0. The third-order valence-corrected chi connectivity index (χ3v) is 14.7. The van der Waals surface area contributed by atoms with E-state index in [4.69, 9.17) is 14.6 Å². The molecule has 3 N–H and O–H groups in total. The number of aliphatic hydroxyl groups is 2. The predicted octanol–water partition coefficient (Wildman–Crippen LogP) is 7.15. The highest BCUT2D eigenvalue weighted by molar-refractivity contribution is 5.76. The largest absolute Gasteiger partial charge is 0.481 e. The van der Waals surface area contributed by atoms with Gasteiger partial charge in [-0.25, -0.2) is 4.79 Å². The average molecular weight is 648 g/mol. The molecule has 5 aliphatic carbocycles. The number of carboxylic acid groups (broad SMARTS) is 1. The molecule has 11 atom stereocenters. The minimum atomic E-state index is -0.829. The molecule has 5 saturated carbocycles. The highest BCUT2D eigenvalue weighted by atomic mass is 16.6. The van der Waals surface area contributed by atoms with Crippen LogP contribution in [0.15, 0.2) is 0 Å². The van der Waals surface area contributed by atoms with E-state index in [0.29, 0.717) is 40.1 Å². The van der Waals surface area contributed by atoms with Gasteiger partial charge in [0.15, 0.2) is 0 Å². The summed E-state index contributed by atoms with van der Waals surface area (Å²) in [6.45, 7) is 20.1. The monoisotopic (exact) mass is 647 g/mol. The lowest BCUT2D eigenvalue weighted by Crippen LogP contribution is -2.57. The first kappa shape index (κ1) is 35.9. The molecule has 46 heavy (non-hydrogen) atoms. The van der Waals surface area contributed by atoms with Gasteiger partial charge in [-0.2, -0.15) is 0 Å². The highest BCUT2D eigenvalue weighted by Crippen LogP contribution is 2.89. The zero-order valence-corrected chi connectivity index (χ0v) is 30.3. The number of ether oxygens (including phenoxy) is 2. The SMILES string of the molecule is CC.CCO.C[C@@H]1C23CC[C@H](OC(=O)N4CC(C(=O)O)C4)C(C)(C)C2CC[C@H]2C4C[C@H]5O[C@@H](CC(C)(C)O)CCC5[C@@]4(C)CC[C@]123. The number of amides is 1. The average Bonchev–Trinajstić information content (AvgIpc) is 3.32. The highest BCUT2D eigenvalue weighted by Gasteiger charge is 2.85. The Kier molecular flexibility index (Phi) is 9.76. The zero-order chi connectivity index (χ0) is 34.0. The lowest BCUT2D eigenvalue weighted by molar-refractivity contribution is -0.150. The van der Waals surface area contributed by atoms with Crippen LogP contribution >= 0.6 is 0 Å². The van der Waals surface area contributed by atoms with Crippen molar-refractivity contribution < 1.29 is 34.4 Å². The summed E-state index contributed by atoms with van der Waals surface area (Å²) >= 11 is 0. The van der Waals surface area contributed by atoms with Crippen LogP contribution in [0.3, 0.4) is 0 Å². The minimum Gasteiger partial charge on any atom is -0.481 e. The van der Waals surface area contributed by atoms with Gasteiger partial charge in [-0.1, -0.05) is 41.5 Å². The summed E-state index contributed by atoms with van der Waals surface area (Å²) in [6.07, 6.45) is 11.5. The van der Waals surface area contributed by atoms with E-state index in [9.17, 15) is 19.8 Å². The van der Waals surface area contributed by atoms with Crippen LogP contribution in [0.5, 0.6) is 0 Å². The number of fused-ring (bicyclic) bond motifs is 4. The van der Waals surface area contributed by atoms with E-state index in [1.54, 1.807) is 11.8 Å². The molecule has 0 radical (unpaired) electrons. The summed E-state index contributed by atoms with van der Waals surface area (Å²) in [6, 6.07) is 0. The topological polar surface area (TPSA) is 117 Å². The molecular weight excluding hydrogens is 582 g/mol. The molecule has 7 fully saturated rings. The normalized spacial score (nSPS) is 45.0. The number of carbonyl (C=O) groups is 2. The number of carboxylic acids is 1. The van der Waals surface area contributed by atoms with E-state index in [1.807, 2.05) is 27.7 Å². The second-order valence-electron chi connectivity index (χ2n) is 17.4. The number of hydrogen-bond donors (Lipinski definition) is 3. The molecule has 0 aromatic rings. The van der Waals surface area contributed by atoms with Gasteiger partial charge in [0.1, 0.15) is 6.10 Å². The Labute approximate surface area is 278 Å². The molecule has 7 rings (SSSR count). The molecule has 7 aliphatic rings. The second-order valence-corrected chi connectivity index (χ2v) is 17.4. The van der Waals surface area contributed by atoms with Crippen molar-refractivity contribution in [3.63, 3.8) is 0 Å². The summed E-state index contributed by atoms with van der Waals surface area (Å²) in [5.74, 6) is 2.12. The first-order valence-electron chi connectivity index (χ1n) is 18.7. The maximum Gasteiger partial charge on any atom is 0.410 e. The lowest BCUT2D eigenvalue weighted by Gasteiger charge is -2.59. The number of likely N-dealkylation sites (tertiary alicyclic amines) is 1. The van der Waals surface area contributed by atoms with E-state index >= 15 is 0 Å². The van der Waals surface area contributed by atoms with Crippen molar-refractivity contribution in [1.29, 1.82) is 0 Å². The van der Waals surface area contributed by atoms with Gasteiger partial charge >= 0.3 is 12.1 Å². The van der Waals surface area contributed by atoms with Crippen molar-refractivity contribution in [3.05, 3.63) is 0 Å². The lowest BCUT2D eigenvalue weighted by atomic mass is 9.46. The van der Waals surface area contributed by atoms with Crippen LogP contribution in [-0.2, 0) is 14.3 Å².